The first-order valence-corrected chi connectivity index (χ1v) is 8.89. The van der Waals surface area contributed by atoms with Crippen molar-refractivity contribution in [1.82, 2.24) is 10.6 Å². The Labute approximate surface area is 141 Å². The molecule has 0 aromatic heterocycles. The van der Waals surface area contributed by atoms with E-state index in [1.54, 1.807) is 11.8 Å². The number of hydrogen-bond donors (Lipinski definition) is 5. The van der Waals surface area contributed by atoms with Crippen molar-refractivity contribution in [3.8, 4) is 0 Å². The predicted octanol–water partition coefficient (Wildman–Crippen LogP) is -1.33. The van der Waals surface area contributed by atoms with E-state index in [0.29, 0.717) is 10.3 Å². The van der Waals surface area contributed by atoms with Gasteiger partial charge < -0.3 is 26.6 Å². The molecule has 1 aliphatic rings. The largest absolute Gasteiger partial charge is 0.480 e. The average Bonchev–Trinajstić information content (AvgIpc) is 3.30. The topological polar surface area (TPSA) is 159 Å². The number of thioether (sulfide) groups is 2. The molecule has 0 spiro atoms. The summed E-state index contributed by atoms with van der Waals surface area (Å²) in [6.45, 7) is -0.530. The van der Waals surface area contributed by atoms with Crippen LogP contribution in [0.1, 0.15) is 12.8 Å². The number of amides is 2. The number of carbonyl (C=O) groups excluding carboxylic acids is 2. The normalized spacial score (nSPS) is 18.6. The van der Waals surface area contributed by atoms with Gasteiger partial charge >= 0.3 is 11.9 Å². The van der Waals surface area contributed by atoms with E-state index in [1.165, 1.54) is 11.8 Å². The first-order valence-electron chi connectivity index (χ1n) is 6.80. The standard InChI is InChI=1S/C12H19N3O6S2/c13-6(12(20)21)1-2-8(16)15-7(4-22-10-5-23-10)11(19)14-3-9(17)18/h6-7,10H,1-5,13H2,(H,14,19)(H,15,16)(H,17,18)(H,20,21). The van der Waals surface area contributed by atoms with Crippen molar-refractivity contribution in [1.29, 1.82) is 0 Å². The van der Waals surface area contributed by atoms with Crippen molar-refractivity contribution >= 4 is 47.3 Å². The van der Waals surface area contributed by atoms with Crippen LogP contribution in [0, 0.1) is 0 Å². The highest BCUT2D eigenvalue weighted by Crippen LogP contribution is 2.40. The van der Waals surface area contributed by atoms with Crippen LogP contribution in [0.5, 0.6) is 0 Å². The molecule has 1 fully saturated rings. The molecule has 1 heterocycles. The van der Waals surface area contributed by atoms with Gasteiger partial charge in [0.05, 0.1) is 4.58 Å². The summed E-state index contributed by atoms with van der Waals surface area (Å²) in [5.41, 5.74) is 5.31. The third-order valence-electron chi connectivity index (χ3n) is 2.82. The molecule has 2 amide bonds. The lowest BCUT2D eigenvalue weighted by molar-refractivity contribution is -0.139. The molecule has 0 aliphatic carbocycles. The van der Waals surface area contributed by atoms with Crippen LogP contribution in [0.25, 0.3) is 0 Å². The monoisotopic (exact) mass is 365 g/mol. The van der Waals surface area contributed by atoms with E-state index in [0.717, 1.165) is 5.75 Å². The summed E-state index contributed by atoms with van der Waals surface area (Å²) < 4.78 is 0.391. The second-order valence-electron chi connectivity index (χ2n) is 4.81. The van der Waals surface area contributed by atoms with Gasteiger partial charge in [0.2, 0.25) is 11.8 Å². The van der Waals surface area contributed by atoms with Gasteiger partial charge in [-0.05, 0) is 6.42 Å². The van der Waals surface area contributed by atoms with Gasteiger partial charge in [-0.25, -0.2) is 0 Å². The lowest BCUT2D eigenvalue weighted by atomic mass is 10.1. The van der Waals surface area contributed by atoms with Crippen LogP contribution in [0.2, 0.25) is 0 Å². The summed E-state index contributed by atoms with van der Waals surface area (Å²) in [5, 5.41) is 21.9. The minimum absolute atomic E-state index is 0.0454. The number of carboxylic acid groups (broad SMARTS) is 2. The molecule has 0 radical (unpaired) electrons. The van der Waals surface area contributed by atoms with E-state index in [-0.39, 0.29) is 12.8 Å². The molecule has 3 unspecified atom stereocenters. The van der Waals surface area contributed by atoms with Gasteiger partial charge in [-0.1, -0.05) is 0 Å². The maximum absolute atomic E-state index is 11.9. The fraction of sp³-hybridized carbons (Fsp3) is 0.667. The second kappa shape index (κ2) is 9.63. The molecular formula is C12H19N3O6S2. The maximum atomic E-state index is 11.9. The lowest BCUT2D eigenvalue weighted by Crippen LogP contribution is -2.49. The first kappa shape index (κ1) is 19.6. The van der Waals surface area contributed by atoms with Crippen LogP contribution in [0.15, 0.2) is 0 Å². The number of rotatable bonds is 11. The molecule has 130 valence electrons. The zero-order valence-corrected chi connectivity index (χ0v) is 13.8. The Morgan fingerprint density at radius 2 is 1.96 bits per heavy atom. The number of nitrogens with one attached hydrogen (secondary N) is 2. The third kappa shape index (κ3) is 8.67. The van der Waals surface area contributed by atoms with Crippen molar-refractivity contribution in [3.63, 3.8) is 0 Å². The summed E-state index contributed by atoms with van der Waals surface area (Å²) in [6, 6.07) is -2.01. The van der Waals surface area contributed by atoms with Crippen molar-refractivity contribution in [2.24, 2.45) is 5.73 Å². The number of nitrogens with two attached hydrogens (primary N) is 1. The van der Waals surface area contributed by atoms with Gasteiger partial charge in [-0.2, -0.15) is 0 Å². The number of hydrogen-bond acceptors (Lipinski definition) is 7. The Kier molecular flexibility index (Phi) is 8.20. The average molecular weight is 365 g/mol. The van der Waals surface area contributed by atoms with E-state index in [4.69, 9.17) is 15.9 Å². The van der Waals surface area contributed by atoms with Gasteiger partial charge in [0, 0.05) is 17.9 Å². The second-order valence-corrected chi connectivity index (χ2v) is 7.58. The predicted molar refractivity (Wildman–Crippen MR) is 86.1 cm³/mol. The Morgan fingerprint density at radius 3 is 2.48 bits per heavy atom. The van der Waals surface area contributed by atoms with Crippen molar-refractivity contribution in [2.75, 3.05) is 18.1 Å². The first-order chi connectivity index (χ1) is 10.8. The molecule has 6 N–H and O–H groups in total. The molecule has 11 heteroatoms. The molecule has 3 atom stereocenters. The van der Waals surface area contributed by atoms with Crippen molar-refractivity contribution in [2.45, 2.75) is 29.5 Å². The minimum atomic E-state index is -1.20. The minimum Gasteiger partial charge on any atom is -0.480 e. The maximum Gasteiger partial charge on any atom is 0.322 e. The fourth-order valence-electron chi connectivity index (χ4n) is 1.48. The van der Waals surface area contributed by atoms with E-state index in [2.05, 4.69) is 10.6 Å². The van der Waals surface area contributed by atoms with Gasteiger partial charge in [0.25, 0.3) is 0 Å². The zero-order chi connectivity index (χ0) is 17.4. The van der Waals surface area contributed by atoms with Crippen LogP contribution >= 0.6 is 23.5 Å². The quantitative estimate of drug-likeness (QED) is 0.280. The summed E-state index contributed by atoms with van der Waals surface area (Å²) in [5.74, 6) is -2.16. The van der Waals surface area contributed by atoms with Crippen LogP contribution < -0.4 is 16.4 Å². The fourth-order valence-corrected chi connectivity index (χ4v) is 3.45. The lowest BCUT2D eigenvalue weighted by Gasteiger charge is -2.18. The molecule has 0 saturated carbocycles. The highest BCUT2D eigenvalue weighted by Gasteiger charge is 2.28. The Morgan fingerprint density at radius 1 is 1.30 bits per heavy atom. The summed E-state index contributed by atoms with van der Waals surface area (Å²) in [7, 11) is 0. The smallest absolute Gasteiger partial charge is 0.322 e. The van der Waals surface area contributed by atoms with E-state index in [1.807, 2.05) is 0 Å². The van der Waals surface area contributed by atoms with E-state index >= 15 is 0 Å². The number of aliphatic carboxylic acids is 2. The molecule has 0 bridgehead atoms. The van der Waals surface area contributed by atoms with Crippen LogP contribution in [0.3, 0.4) is 0 Å². The summed E-state index contributed by atoms with van der Waals surface area (Å²) >= 11 is 3.22. The summed E-state index contributed by atoms with van der Waals surface area (Å²) in [4.78, 5) is 44.8. The van der Waals surface area contributed by atoms with Gasteiger partial charge in [-0.15, -0.1) is 23.5 Å². The molecule has 1 saturated heterocycles. The molecule has 0 aromatic carbocycles. The van der Waals surface area contributed by atoms with Crippen LogP contribution in [0.4, 0.5) is 0 Å². The van der Waals surface area contributed by atoms with Crippen molar-refractivity contribution in [3.05, 3.63) is 0 Å². The number of carbonyl (C=O) groups is 4. The molecule has 9 nitrogen and oxygen atoms in total. The zero-order valence-electron chi connectivity index (χ0n) is 12.2. The third-order valence-corrected chi connectivity index (χ3v) is 5.54. The molecule has 0 aromatic rings. The van der Waals surface area contributed by atoms with Crippen LogP contribution in [-0.4, -0.2) is 68.7 Å². The van der Waals surface area contributed by atoms with Gasteiger partial charge in [-0.3, -0.25) is 19.2 Å². The van der Waals surface area contributed by atoms with Gasteiger partial charge in [0.15, 0.2) is 0 Å². The SMILES string of the molecule is NC(CCC(=O)NC(CSC1CS1)C(=O)NCC(=O)O)C(=O)O. The Hall–Kier alpha value is -1.46. The molecule has 23 heavy (non-hydrogen) atoms. The van der Waals surface area contributed by atoms with E-state index < -0.39 is 42.4 Å². The Balaban J connectivity index is 2.45. The molecule has 1 rings (SSSR count). The highest BCUT2D eigenvalue weighted by molar-refractivity contribution is 8.23. The molecule has 1 aliphatic heterocycles. The highest BCUT2D eigenvalue weighted by atomic mass is 32.2. The summed E-state index contributed by atoms with van der Waals surface area (Å²) in [6.07, 6.45) is -0.171. The molecular weight excluding hydrogens is 346 g/mol. The van der Waals surface area contributed by atoms with E-state index in [9.17, 15) is 19.2 Å². The number of carboxylic acids is 2. The Bertz CT molecular complexity index is 472. The van der Waals surface area contributed by atoms with Crippen LogP contribution in [-0.2, 0) is 19.2 Å². The van der Waals surface area contributed by atoms with Crippen molar-refractivity contribution < 1.29 is 29.4 Å². The van der Waals surface area contributed by atoms with Gasteiger partial charge in [0.1, 0.15) is 18.6 Å².